The van der Waals surface area contributed by atoms with Crippen LogP contribution in [0.25, 0.3) is 11.0 Å². The van der Waals surface area contributed by atoms with E-state index in [-0.39, 0.29) is 27.8 Å². The summed E-state index contributed by atoms with van der Waals surface area (Å²) in [6.45, 7) is 4.87. The zero-order valence-corrected chi connectivity index (χ0v) is 25.9. The predicted molar refractivity (Wildman–Crippen MR) is 166 cm³/mol. The standard InChI is InChI=1S/C32H31ClN2O11/c1-15-21(43-30-24(37)26(45-31(34)40)27(41-4)32(2,3)46-30)12-11-20-23(36)22(29(39)44-25(15)20)35-28(38)16-7-5-9-18(13-16)42-19-10-6-8-17(33)14-19/h5-14,24,26-27,30,36-37H,1-4H3,(H2,34,40)(H,35,38)/t24-,26+,27-,30-/m1/s1. The molecule has 1 aromatic heterocycles. The van der Waals surface area contributed by atoms with Crippen molar-refractivity contribution in [2.75, 3.05) is 12.4 Å². The van der Waals surface area contributed by atoms with Crippen LogP contribution in [0.5, 0.6) is 23.0 Å². The summed E-state index contributed by atoms with van der Waals surface area (Å²) < 4.78 is 33.7. The van der Waals surface area contributed by atoms with Gasteiger partial charge in [-0.1, -0.05) is 23.7 Å². The van der Waals surface area contributed by atoms with Crippen LogP contribution in [0.4, 0.5) is 10.5 Å². The summed E-state index contributed by atoms with van der Waals surface area (Å²) in [6, 6.07) is 15.8. The summed E-state index contributed by atoms with van der Waals surface area (Å²) >= 11 is 6.01. The third-order valence-corrected chi connectivity index (χ3v) is 7.62. The van der Waals surface area contributed by atoms with Gasteiger partial charge in [0.05, 0.1) is 11.0 Å². The Morgan fingerprint density at radius 2 is 1.76 bits per heavy atom. The van der Waals surface area contributed by atoms with Gasteiger partial charge in [0.1, 0.15) is 28.9 Å². The van der Waals surface area contributed by atoms with Gasteiger partial charge in [-0.3, -0.25) is 4.79 Å². The Labute approximate surface area is 267 Å². The van der Waals surface area contributed by atoms with Crippen LogP contribution in [0.1, 0.15) is 29.8 Å². The molecule has 1 aliphatic heterocycles. The molecule has 14 heteroatoms. The second-order valence-electron chi connectivity index (χ2n) is 11.0. The Bertz CT molecular complexity index is 1860. The number of aromatic hydroxyl groups is 1. The van der Waals surface area contributed by atoms with Gasteiger partial charge >= 0.3 is 11.7 Å². The largest absolute Gasteiger partial charge is 0.505 e. The number of nitrogens with one attached hydrogen (secondary N) is 1. The first-order chi connectivity index (χ1) is 21.8. The van der Waals surface area contributed by atoms with E-state index in [1.54, 1.807) is 57.2 Å². The molecule has 0 unspecified atom stereocenters. The Hall–Kier alpha value is -4.82. The van der Waals surface area contributed by atoms with Gasteiger partial charge in [0, 0.05) is 23.3 Å². The molecule has 2 amide bonds. The van der Waals surface area contributed by atoms with Gasteiger partial charge in [-0.2, -0.15) is 0 Å². The summed E-state index contributed by atoms with van der Waals surface area (Å²) in [5.74, 6) is -0.315. The molecule has 5 rings (SSSR count). The van der Waals surface area contributed by atoms with Crippen molar-refractivity contribution in [3.63, 3.8) is 0 Å². The highest BCUT2D eigenvalue weighted by Gasteiger charge is 2.53. The first-order valence-electron chi connectivity index (χ1n) is 13.9. The van der Waals surface area contributed by atoms with E-state index in [2.05, 4.69) is 5.32 Å². The number of anilines is 1. The Kier molecular flexibility index (Phi) is 9.13. The van der Waals surface area contributed by atoms with Crippen LogP contribution in [0.3, 0.4) is 0 Å². The van der Waals surface area contributed by atoms with Crippen molar-refractivity contribution < 1.29 is 47.9 Å². The van der Waals surface area contributed by atoms with Crippen molar-refractivity contribution in [1.82, 2.24) is 0 Å². The molecule has 1 aliphatic rings. The second-order valence-corrected chi connectivity index (χ2v) is 11.4. The number of fused-ring (bicyclic) bond motifs is 1. The average Bonchev–Trinajstić information content (AvgIpc) is 2.99. The van der Waals surface area contributed by atoms with Crippen molar-refractivity contribution in [3.8, 4) is 23.0 Å². The topological polar surface area (TPSA) is 189 Å². The van der Waals surface area contributed by atoms with E-state index in [1.165, 1.54) is 31.4 Å². The van der Waals surface area contributed by atoms with Gasteiger partial charge in [0.2, 0.25) is 6.29 Å². The van der Waals surface area contributed by atoms with Crippen molar-refractivity contribution in [2.24, 2.45) is 5.73 Å². The fourth-order valence-electron chi connectivity index (χ4n) is 5.23. The number of rotatable bonds is 8. The highest BCUT2D eigenvalue weighted by atomic mass is 35.5. The van der Waals surface area contributed by atoms with Crippen LogP contribution in [-0.2, 0) is 14.2 Å². The summed E-state index contributed by atoms with van der Waals surface area (Å²) in [5, 5.41) is 25.0. The molecule has 0 radical (unpaired) electrons. The molecule has 1 saturated heterocycles. The van der Waals surface area contributed by atoms with Crippen LogP contribution >= 0.6 is 11.6 Å². The molecule has 2 heterocycles. The van der Waals surface area contributed by atoms with E-state index >= 15 is 0 Å². The van der Waals surface area contributed by atoms with Crippen LogP contribution in [-0.4, -0.2) is 59.5 Å². The maximum absolute atomic E-state index is 13.1. The summed E-state index contributed by atoms with van der Waals surface area (Å²) in [6.07, 6.45) is -6.11. The van der Waals surface area contributed by atoms with Gasteiger partial charge in [0.15, 0.2) is 23.6 Å². The number of hydrogen-bond acceptors (Lipinski definition) is 11. The minimum absolute atomic E-state index is 0.0424. The zero-order chi connectivity index (χ0) is 33.3. The lowest BCUT2D eigenvalue weighted by molar-refractivity contribution is -0.304. The normalized spacial score (nSPS) is 20.6. The molecule has 0 bridgehead atoms. The molecule has 242 valence electrons. The third-order valence-electron chi connectivity index (χ3n) is 7.38. The Morgan fingerprint density at radius 1 is 1.07 bits per heavy atom. The van der Waals surface area contributed by atoms with Crippen LogP contribution in [0.2, 0.25) is 5.02 Å². The molecule has 5 N–H and O–H groups in total. The number of amides is 2. The van der Waals surface area contributed by atoms with Gasteiger partial charge in [-0.05, 0) is 69.3 Å². The van der Waals surface area contributed by atoms with Gasteiger partial charge in [0.25, 0.3) is 5.91 Å². The molecule has 3 aromatic carbocycles. The number of aliphatic hydroxyl groups excluding tert-OH is 1. The van der Waals surface area contributed by atoms with Gasteiger partial charge < -0.3 is 49.4 Å². The minimum Gasteiger partial charge on any atom is -0.505 e. The van der Waals surface area contributed by atoms with E-state index in [9.17, 15) is 24.6 Å². The molecular weight excluding hydrogens is 624 g/mol. The lowest BCUT2D eigenvalue weighted by Crippen LogP contribution is -2.65. The number of halogens is 1. The van der Waals surface area contributed by atoms with E-state index in [0.29, 0.717) is 16.5 Å². The number of carbonyl (C=O) groups is 2. The summed E-state index contributed by atoms with van der Waals surface area (Å²) in [7, 11) is 1.37. The maximum Gasteiger partial charge on any atom is 0.404 e. The highest BCUT2D eigenvalue weighted by molar-refractivity contribution is 6.30. The van der Waals surface area contributed by atoms with Crippen LogP contribution in [0, 0.1) is 6.92 Å². The summed E-state index contributed by atoms with van der Waals surface area (Å²) in [5.41, 5.74) is 2.97. The Morgan fingerprint density at radius 3 is 2.43 bits per heavy atom. The van der Waals surface area contributed by atoms with E-state index in [4.69, 9.17) is 45.4 Å². The molecule has 4 aromatic rings. The van der Waals surface area contributed by atoms with Crippen molar-refractivity contribution >= 4 is 40.3 Å². The first-order valence-corrected chi connectivity index (χ1v) is 14.3. The number of hydrogen-bond donors (Lipinski definition) is 4. The minimum atomic E-state index is -1.52. The van der Waals surface area contributed by atoms with E-state index < -0.39 is 59.3 Å². The molecule has 0 aliphatic carbocycles. The van der Waals surface area contributed by atoms with Crippen molar-refractivity contribution in [3.05, 3.63) is 87.2 Å². The molecule has 4 atom stereocenters. The molecule has 46 heavy (non-hydrogen) atoms. The molecular formula is C32H31ClN2O11. The van der Waals surface area contributed by atoms with Crippen molar-refractivity contribution in [1.29, 1.82) is 0 Å². The SMILES string of the molecule is CO[C@@H]1[C@@H](OC(N)=O)[C@@H](O)[C@H](Oc2ccc3c(O)c(NC(=O)c4cccc(Oc5cccc(Cl)c5)c4)c(=O)oc3c2C)OC1(C)C. The number of benzene rings is 3. The Balaban J connectivity index is 1.39. The fraction of sp³-hybridized carbons (Fsp3) is 0.281. The summed E-state index contributed by atoms with van der Waals surface area (Å²) in [4.78, 5) is 37.6. The van der Waals surface area contributed by atoms with Crippen LogP contribution < -0.4 is 26.1 Å². The van der Waals surface area contributed by atoms with E-state index in [1.807, 2.05) is 0 Å². The quantitative estimate of drug-likeness (QED) is 0.190. The molecule has 0 spiro atoms. The predicted octanol–water partition coefficient (Wildman–Crippen LogP) is 4.86. The third kappa shape index (κ3) is 6.58. The molecule has 13 nitrogen and oxygen atoms in total. The maximum atomic E-state index is 13.1. The van der Waals surface area contributed by atoms with Crippen molar-refractivity contribution in [2.45, 2.75) is 51.0 Å². The monoisotopic (exact) mass is 654 g/mol. The van der Waals surface area contributed by atoms with E-state index in [0.717, 1.165) is 0 Å². The highest BCUT2D eigenvalue weighted by Crippen LogP contribution is 2.38. The molecule has 0 saturated carbocycles. The number of nitrogens with two attached hydrogens (primary N) is 1. The van der Waals surface area contributed by atoms with Crippen LogP contribution in [0.15, 0.2) is 69.9 Å². The number of carbonyl (C=O) groups excluding carboxylic acids is 2. The van der Waals surface area contributed by atoms with Gasteiger partial charge in [-0.25, -0.2) is 9.59 Å². The number of methoxy groups -OCH3 is 1. The van der Waals surface area contributed by atoms with Gasteiger partial charge in [-0.15, -0.1) is 0 Å². The number of primary amides is 1. The smallest absolute Gasteiger partial charge is 0.404 e. The second kappa shape index (κ2) is 12.9. The zero-order valence-electron chi connectivity index (χ0n) is 25.1. The molecule has 1 fully saturated rings. The number of aryl methyl sites for hydroxylation is 1. The lowest BCUT2D eigenvalue weighted by Gasteiger charge is -2.47. The fourth-order valence-corrected chi connectivity index (χ4v) is 5.41. The number of ether oxygens (including phenoxy) is 5. The lowest BCUT2D eigenvalue weighted by atomic mass is 9.89. The first kappa shape index (κ1) is 32.6. The number of aliphatic hydroxyl groups is 1. The average molecular weight is 655 g/mol.